The Morgan fingerprint density at radius 2 is 2.26 bits per heavy atom. The van der Waals surface area contributed by atoms with Gasteiger partial charge in [-0.15, -0.1) is 0 Å². The van der Waals surface area contributed by atoms with Gasteiger partial charge >= 0.3 is 5.97 Å². The van der Waals surface area contributed by atoms with E-state index in [4.69, 9.17) is 27.9 Å². The Labute approximate surface area is 120 Å². The highest BCUT2D eigenvalue weighted by atomic mass is 35.5. The van der Waals surface area contributed by atoms with E-state index in [0.717, 1.165) is 0 Å². The summed E-state index contributed by atoms with van der Waals surface area (Å²) in [4.78, 5) is 15.0. The standard InChI is InChI=1S/C12H11Cl2N3O2/c1-8(18)19-12(5-17-7-15-6-16-17)10-3-2-9(13)4-11(10)14/h2-4,6-7,12H,5H2,1H3. The van der Waals surface area contributed by atoms with Crippen molar-refractivity contribution in [3.8, 4) is 0 Å². The number of nitrogens with zero attached hydrogens (tertiary/aromatic N) is 3. The predicted molar refractivity (Wildman–Crippen MR) is 71.0 cm³/mol. The van der Waals surface area contributed by atoms with Gasteiger partial charge in [-0.25, -0.2) is 9.67 Å². The number of hydrogen-bond donors (Lipinski definition) is 0. The quantitative estimate of drug-likeness (QED) is 0.815. The fourth-order valence-electron chi connectivity index (χ4n) is 1.66. The van der Waals surface area contributed by atoms with Crippen molar-refractivity contribution in [1.82, 2.24) is 14.8 Å². The maximum absolute atomic E-state index is 11.2. The minimum atomic E-state index is -0.538. The topological polar surface area (TPSA) is 57.0 Å². The maximum atomic E-state index is 11.2. The average Bonchev–Trinajstić information content (AvgIpc) is 2.80. The summed E-state index contributed by atoms with van der Waals surface area (Å²) in [5, 5.41) is 4.95. The molecule has 0 aliphatic carbocycles. The number of aromatic nitrogens is 3. The van der Waals surface area contributed by atoms with Crippen molar-refractivity contribution in [2.75, 3.05) is 0 Å². The molecule has 1 unspecified atom stereocenters. The Hall–Kier alpha value is -1.59. The molecule has 2 aromatic rings. The molecule has 0 bridgehead atoms. The third-order valence-corrected chi connectivity index (χ3v) is 3.00. The molecule has 1 aromatic carbocycles. The van der Waals surface area contributed by atoms with E-state index >= 15 is 0 Å². The second-order valence-corrected chi connectivity index (χ2v) is 4.73. The van der Waals surface area contributed by atoms with Gasteiger partial charge in [0.05, 0.1) is 6.54 Å². The van der Waals surface area contributed by atoms with Gasteiger partial charge in [0, 0.05) is 22.5 Å². The Bertz CT molecular complexity index is 572. The molecule has 0 saturated carbocycles. The molecule has 0 aliphatic rings. The molecular weight excluding hydrogens is 289 g/mol. The highest BCUT2D eigenvalue weighted by molar-refractivity contribution is 6.35. The summed E-state index contributed by atoms with van der Waals surface area (Å²) in [6, 6.07) is 5.03. The van der Waals surface area contributed by atoms with Crippen LogP contribution in [0.5, 0.6) is 0 Å². The lowest BCUT2D eigenvalue weighted by Crippen LogP contribution is -2.16. The number of halogens is 2. The minimum Gasteiger partial charge on any atom is -0.456 e. The number of ether oxygens (including phenoxy) is 1. The Kier molecular flexibility index (Phi) is 4.39. The lowest BCUT2D eigenvalue weighted by molar-refractivity contribution is -0.147. The van der Waals surface area contributed by atoms with Crippen LogP contribution >= 0.6 is 23.2 Å². The first-order valence-corrected chi connectivity index (χ1v) is 6.26. The van der Waals surface area contributed by atoms with E-state index in [9.17, 15) is 4.79 Å². The third kappa shape index (κ3) is 3.68. The molecule has 0 aliphatic heterocycles. The lowest BCUT2D eigenvalue weighted by Gasteiger charge is -2.18. The molecule has 0 spiro atoms. The molecule has 100 valence electrons. The molecule has 2 rings (SSSR count). The SMILES string of the molecule is CC(=O)OC(Cn1cncn1)c1ccc(Cl)cc1Cl. The van der Waals surface area contributed by atoms with Gasteiger partial charge in [0.15, 0.2) is 0 Å². The molecule has 1 atom stereocenters. The van der Waals surface area contributed by atoms with Gasteiger partial charge in [0.25, 0.3) is 0 Å². The van der Waals surface area contributed by atoms with Crippen molar-refractivity contribution in [2.24, 2.45) is 0 Å². The first kappa shape index (κ1) is 13.8. The molecule has 0 N–H and O–H groups in total. The third-order valence-electron chi connectivity index (χ3n) is 2.44. The van der Waals surface area contributed by atoms with Crippen molar-refractivity contribution in [3.05, 3.63) is 46.5 Å². The van der Waals surface area contributed by atoms with Gasteiger partial charge < -0.3 is 4.74 Å². The smallest absolute Gasteiger partial charge is 0.303 e. The van der Waals surface area contributed by atoms with Crippen LogP contribution in [0.1, 0.15) is 18.6 Å². The zero-order valence-corrected chi connectivity index (χ0v) is 11.6. The highest BCUT2D eigenvalue weighted by Crippen LogP contribution is 2.29. The highest BCUT2D eigenvalue weighted by Gasteiger charge is 2.19. The van der Waals surface area contributed by atoms with E-state index in [1.807, 2.05) is 0 Å². The van der Waals surface area contributed by atoms with Gasteiger partial charge in [-0.2, -0.15) is 5.10 Å². The summed E-state index contributed by atoms with van der Waals surface area (Å²) in [7, 11) is 0. The average molecular weight is 300 g/mol. The Balaban J connectivity index is 2.28. The summed E-state index contributed by atoms with van der Waals surface area (Å²) < 4.78 is 6.84. The van der Waals surface area contributed by atoms with Gasteiger partial charge in [-0.3, -0.25) is 4.79 Å². The number of rotatable bonds is 4. The zero-order valence-electron chi connectivity index (χ0n) is 10.1. The molecule has 1 heterocycles. The predicted octanol–water partition coefficient (Wildman–Crippen LogP) is 2.89. The van der Waals surface area contributed by atoms with Gasteiger partial charge in [-0.05, 0) is 12.1 Å². The van der Waals surface area contributed by atoms with Crippen molar-refractivity contribution >= 4 is 29.2 Å². The number of carbonyl (C=O) groups is 1. The zero-order chi connectivity index (χ0) is 13.8. The molecule has 0 amide bonds. The second-order valence-electron chi connectivity index (χ2n) is 3.88. The summed E-state index contributed by atoms with van der Waals surface area (Å²) in [5.41, 5.74) is 0.678. The van der Waals surface area contributed by atoms with Crippen LogP contribution < -0.4 is 0 Å². The van der Waals surface area contributed by atoms with Crippen molar-refractivity contribution in [1.29, 1.82) is 0 Å². The van der Waals surface area contributed by atoms with E-state index in [0.29, 0.717) is 22.2 Å². The Morgan fingerprint density at radius 1 is 1.47 bits per heavy atom. The van der Waals surface area contributed by atoms with Crippen LogP contribution in [0.2, 0.25) is 10.0 Å². The fraction of sp³-hybridized carbons (Fsp3) is 0.250. The first-order valence-electron chi connectivity index (χ1n) is 5.51. The van der Waals surface area contributed by atoms with Gasteiger partial charge in [-0.1, -0.05) is 29.3 Å². The summed E-state index contributed by atoms with van der Waals surface area (Å²) >= 11 is 12.0. The van der Waals surface area contributed by atoms with Crippen LogP contribution in [-0.4, -0.2) is 20.7 Å². The molecule has 1 aromatic heterocycles. The van der Waals surface area contributed by atoms with E-state index in [2.05, 4.69) is 10.1 Å². The normalized spacial score (nSPS) is 12.2. The van der Waals surface area contributed by atoms with Gasteiger partial charge in [0.2, 0.25) is 0 Å². The van der Waals surface area contributed by atoms with Crippen LogP contribution in [0.15, 0.2) is 30.9 Å². The van der Waals surface area contributed by atoms with Crippen LogP contribution in [-0.2, 0) is 16.1 Å². The van der Waals surface area contributed by atoms with E-state index in [1.54, 1.807) is 29.2 Å². The monoisotopic (exact) mass is 299 g/mol. The number of esters is 1. The molecule has 19 heavy (non-hydrogen) atoms. The van der Waals surface area contributed by atoms with Crippen molar-refractivity contribution in [2.45, 2.75) is 19.6 Å². The second kappa shape index (κ2) is 6.04. The van der Waals surface area contributed by atoms with Crippen LogP contribution in [0.25, 0.3) is 0 Å². The molecule has 0 radical (unpaired) electrons. The van der Waals surface area contributed by atoms with Crippen LogP contribution in [0.4, 0.5) is 0 Å². The molecular formula is C12H11Cl2N3O2. The van der Waals surface area contributed by atoms with E-state index in [-0.39, 0.29) is 0 Å². The largest absolute Gasteiger partial charge is 0.456 e. The molecule has 5 nitrogen and oxygen atoms in total. The van der Waals surface area contributed by atoms with Gasteiger partial charge in [0.1, 0.15) is 18.8 Å². The van der Waals surface area contributed by atoms with Crippen LogP contribution in [0.3, 0.4) is 0 Å². The molecule has 0 fully saturated rings. The summed E-state index contributed by atoms with van der Waals surface area (Å²) in [6.07, 6.45) is 2.41. The summed E-state index contributed by atoms with van der Waals surface area (Å²) in [6.45, 7) is 1.68. The fourth-order valence-corrected chi connectivity index (χ4v) is 2.19. The van der Waals surface area contributed by atoms with Crippen molar-refractivity contribution < 1.29 is 9.53 Å². The maximum Gasteiger partial charge on any atom is 0.303 e. The van der Waals surface area contributed by atoms with Crippen molar-refractivity contribution in [3.63, 3.8) is 0 Å². The minimum absolute atomic E-state index is 0.334. The first-order chi connectivity index (χ1) is 9.06. The molecule has 0 saturated heterocycles. The Morgan fingerprint density at radius 3 is 2.84 bits per heavy atom. The molecule has 7 heteroatoms. The van der Waals surface area contributed by atoms with Crippen LogP contribution in [0, 0.1) is 0 Å². The lowest BCUT2D eigenvalue weighted by atomic mass is 10.1. The number of benzene rings is 1. The number of hydrogen-bond acceptors (Lipinski definition) is 4. The number of carbonyl (C=O) groups excluding carboxylic acids is 1. The van der Waals surface area contributed by atoms with E-state index in [1.165, 1.54) is 13.3 Å². The van der Waals surface area contributed by atoms with E-state index < -0.39 is 12.1 Å². The summed E-state index contributed by atoms with van der Waals surface area (Å²) in [5.74, 6) is -0.392.